The minimum Gasteiger partial charge on any atom is -0.313 e. The number of likely N-dealkylation sites (N-methyl/N-ethyl adjacent to an activating group) is 1. The second kappa shape index (κ2) is 8.42. The second-order valence-corrected chi connectivity index (χ2v) is 6.35. The van der Waals surface area contributed by atoms with E-state index in [9.17, 15) is 4.39 Å². The van der Waals surface area contributed by atoms with Crippen molar-refractivity contribution in [2.24, 2.45) is 0 Å². The third-order valence-electron chi connectivity index (χ3n) is 3.16. The Balaban J connectivity index is 1.97. The fourth-order valence-corrected chi connectivity index (χ4v) is 3.43. The van der Waals surface area contributed by atoms with Gasteiger partial charge in [0.1, 0.15) is 5.82 Å². The van der Waals surface area contributed by atoms with Crippen molar-refractivity contribution in [3.05, 3.63) is 64.9 Å². The van der Waals surface area contributed by atoms with Gasteiger partial charge in [0.25, 0.3) is 0 Å². The molecule has 0 heterocycles. The fraction of sp³-hybridized carbons (Fsp3) is 0.294. The van der Waals surface area contributed by atoms with Crippen LogP contribution in [0.2, 0.25) is 5.02 Å². The number of halogens is 2. The van der Waals surface area contributed by atoms with Crippen LogP contribution in [0.4, 0.5) is 4.39 Å². The molecule has 0 aliphatic rings. The van der Waals surface area contributed by atoms with Crippen LogP contribution in [0, 0.1) is 5.82 Å². The molecule has 0 aliphatic heterocycles. The molecule has 21 heavy (non-hydrogen) atoms. The zero-order chi connectivity index (χ0) is 15.1. The molecule has 0 aromatic heterocycles. The van der Waals surface area contributed by atoms with Crippen LogP contribution in [-0.2, 0) is 6.42 Å². The van der Waals surface area contributed by atoms with Gasteiger partial charge in [-0.15, -0.1) is 11.8 Å². The molecule has 2 rings (SSSR count). The summed E-state index contributed by atoms with van der Waals surface area (Å²) in [6.07, 6.45) is 0.689. The Morgan fingerprint density at radius 1 is 1.19 bits per heavy atom. The first-order chi connectivity index (χ1) is 10.2. The summed E-state index contributed by atoms with van der Waals surface area (Å²) >= 11 is 7.73. The van der Waals surface area contributed by atoms with Gasteiger partial charge in [0, 0.05) is 21.7 Å². The Bertz CT molecular complexity index is 576. The predicted molar refractivity (Wildman–Crippen MR) is 89.7 cm³/mol. The molecule has 1 nitrogen and oxygen atoms in total. The molecule has 0 fully saturated rings. The van der Waals surface area contributed by atoms with Crippen LogP contribution in [0.3, 0.4) is 0 Å². The molecule has 1 unspecified atom stereocenters. The Morgan fingerprint density at radius 2 is 2.00 bits per heavy atom. The van der Waals surface area contributed by atoms with Crippen LogP contribution >= 0.6 is 23.4 Å². The maximum absolute atomic E-state index is 13.8. The molecular weight excluding hydrogens is 305 g/mol. The van der Waals surface area contributed by atoms with E-state index < -0.39 is 0 Å². The number of hydrogen-bond acceptors (Lipinski definition) is 2. The van der Waals surface area contributed by atoms with Crippen molar-refractivity contribution in [3.8, 4) is 0 Å². The van der Waals surface area contributed by atoms with Crippen molar-refractivity contribution in [2.45, 2.75) is 24.3 Å². The zero-order valence-corrected chi connectivity index (χ0v) is 13.6. The fourth-order valence-electron chi connectivity index (χ4n) is 2.16. The Hall–Kier alpha value is -1.03. The lowest BCUT2D eigenvalue weighted by molar-refractivity contribution is 0.545. The van der Waals surface area contributed by atoms with Gasteiger partial charge >= 0.3 is 0 Å². The van der Waals surface area contributed by atoms with Gasteiger partial charge in [0.2, 0.25) is 0 Å². The molecule has 2 aromatic carbocycles. The monoisotopic (exact) mass is 323 g/mol. The normalized spacial score (nSPS) is 12.3. The molecule has 0 radical (unpaired) electrons. The van der Waals surface area contributed by atoms with Crippen LogP contribution in [0.1, 0.15) is 12.5 Å². The van der Waals surface area contributed by atoms with Gasteiger partial charge in [-0.05, 0) is 42.8 Å². The van der Waals surface area contributed by atoms with E-state index in [1.807, 2.05) is 36.4 Å². The standard InChI is InChI=1S/C17H19ClFNS/c1-2-20-15(10-13-6-3-4-9-17(13)19)12-21-16-8-5-7-14(18)11-16/h3-9,11,15,20H,2,10,12H2,1H3. The SMILES string of the molecule is CCNC(CSc1cccc(Cl)c1)Cc1ccccc1F. The predicted octanol–water partition coefficient (Wildman–Crippen LogP) is 4.79. The molecule has 0 saturated heterocycles. The van der Waals surface area contributed by atoms with E-state index in [0.717, 1.165) is 27.8 Å². The first kappa shape index (κ1) is 16.3. The number of nitrogens with one attached hydrogen (secondary N) is 1. The molecular formula is C17H19ClFNS. The molecule has 2 aromatic rings. The number of benzene rings is 2. The maximum atomic E-state index is 13.8. The van der Waals surface area contributed by atoms with Crippen molar-refractivity contribution < 1.29 is 4.39 Å². The minimum absolute atomic E-state index is 0.131. The third-order valence-corrected chi connectivity index (χ3v) is 4.56. The molecule has 112 valence electrons. The van der Waals surface area contributed by atoms with Crippen molar-refractivity contribution in [2.75, 3.05) is 12.3 Å². The number of thioether (sulfide) groups is 1. The van der Waals surface area contributed by atoms with E-state index in [2.05, 4.69) is 12.2 Å². The summed E-state index contributed by atoms with van der Waals surface area (Å²) < 4.78 is 13.8. The van der Waals surface area contributed by atoms with Crippen LogP contribution in [0.5, 0.6) is 0 Å². The maximum Gasteiger partial charge on any atom is 0.126 e. The average Bonchev–Trinajstić information content (AvgIpc) is 2.47. The lowest BCUT2D eigenvalue weighted by Crippen LogP contribution is -2.33. The summed E-state index contributed by atoms with van der Waals surface area (Å²) in [5, 5.41) is 4.17. The summed E-state index contributed by atoms with van der Waals surface area (Å²) in [7, 11) is 0. The highest BCUT2D eigenvalue weighted by Gasteiger charge is 2.12. The molecule has 1 N–H and O–H groups in total. The number of rotatable bonds is 7. The van der Waals surface area contributed by atoms with E-state index in [0.29, 0.717) is 6.42 Å². The molecule has 0 spiro atoms. The van der Waals surface area contributed by atoms with E-state index in [4.69, 9.17) is 11.6 Å². The van der Waals surface area contributed by atoms with E-state index in [1.165, 1.54) is 6.07 Å². The molecule has 0 bridgehead atoms. The van der Waals surface area contributed by atoms with Gasteiger partial charge in [-0.2, -0.15) is 0 Å². The molecule has 1 atom stereocenters. The summed E-state index contributed by atoms with van der Waals surface area (Å²) in [6, 6.07) is 15.0. The topological polar surface area (TPSA) is 12.0 Å². The van der Waals surface area contributed by atoms with E-state index >= 15 is 0 Å². The summed E-state index contributed by atoms with van der Waals surface area (Å²) in [5.74, 6) is 0.746. The lowest BCUT2D eigenvalue weighted by atomic mass is 10.1. The largest absolute Gasteiger partial charge is 0.313 e. The highest BCUT2D eigenvalue weighted by atomic mass is 35.5. The third kappa shape index (κ3) is 5.34. The Morgan fingerprint density at radius 3 is 2.71 bits per heavy atom. The van der Waals surface area contributed by atoms with Crippen molar-refractivity contribution in [3.63, 3.8) is 0 Å². The van der Waals surface area contributed by atoms with Crippen LogP contribution < -0.4 is 5.32 Å². The first-order valence-corrected chi connectivity index (χ1v) is 8.40. The molecule has 0 amide bonds. The average molecular weight is 324 g/mol. The first-order valence-electron chi connectivity index (χ1n) is 7.04. The summed E-state index contributed by atoms with van der Waals surface area (Å²) in [5.41, 5.74) is 0.759. The molecule has 0 aliphatic carbocycles. The van der Waals surface area contributed by atoms with E-state index in [1.54, 1.807) is 17.8 Å². The van der Waals surface area contributed by atoms with Crippen molar-refractivity contribution in [1.29, 1.82) is 0 Å². The number of hydrogen-bond donors (Lipinski definition) is 1. The Kier molecular flexibility index (Phi) is 6.55. The van der Waals surface area contributed by atoms with Gasteiger partial charge < -0.3 is 5.32 Å². The Labute approximate surface area is 134 Å². The minimum atomic E-state index is -0.131. The smallest absolute Gasteiger partial charge is 0.126 e. The van der Waals surface area contributed by atoms with Crippen LogP contribution in [0.15, 0.2) is 53.4 Å². The van der Waals surface area contributed by atoms with Crippen molar-refractivity contribution in [1.82, 2.24) is 5.32 Å². The zero-order valence-electron chi connectivity index (χ0n) is 12.0. The van der Waals surface area contributed by atoms with Gasteiger partial charge in [-0.25, -0.2) is 4.39 Å². The van der Waals surface area contributed by atoms with Gasteiger partial charge in [0.15, 0.2) is 0 Å². The van der Waals surface area contributed by atoms with Gasteiger partial charge in [-0.1, -0.05) is 42.8 Å². The molecule has 0 saturated carbocycles. The van der Waals surface area contributed by atoms with E-state index in [-0.39, 0.29) is 11.9 Å². The van der Waals surface area contributed by atoms with Crippen LogP contribution in [-0.4, -0.2) is 18.3 Å². The van der Waals surface area contributed by atoms with Crippen molar-refractivity contribution >= 4 is 23.4 Å². The van der Waals surface area contributed by atoms with Crippen LogP contribution in [0.25, 0.3) is 0 Å². The highest BCUT2D eigenvalue weighted by Crippen LogP contribution is 2.23. The quantitative estimate of drug-likeness (QED) is 0.735. The summed E-state index contributed by atoms with van der Waals surface area (Å²) in [4.78, 5) is 1.14. The van der Waals surface area contributed by atoms with Gasteiger partial charge in [-0.3, -0.25) is 0 Å². The lowest BCUT2D eigenvalue weighted by Gasteiger charge is -2.18. The van der Waals surface area contributed by atoms with Gasteiger partial charge in [0.05, 0.1) is 0 Å². The highest BCUT2D eigenvalue weighted by molar-refractivity contribution is 7.99. The molecule has 4 heteroatoms. The summed E-state index contributed by atoms with van der Waals surface area (Å²) in [6.45, 7) is 2.94. The second-order valence-electron chi connectivity index (χ2n) is 4.82.